The molecule has 0 saturated carbocycles. The molecule has 2 aromatic rings. The topological polar surface area (TPSA) is 35.9 Å². The summed E-state index contributed by atoms with van der Waals surface area (Å²) in [6.07, 6.45) is 1.45. The first-order valence-corrected chi connectivity index (χ1v) is 10.7. The first-order valence-electron chi connectivity index (χ1n) is 9.65. The number of rotatable bonds is 3. The average molecular weight is 478 g/mol. The van der Waals surface area contributed by atoms with Gasteiger partial charge in [0.1, 0.15) is 5.75 Å². The van der Waals surface area contributed by atoms with E-state index in [0.29, 0.717) is 0 Å². The molecule has 1 saturated heterocycles. The molecule has 27 heavy (non-hydrogen) atoms. The second-order valence-electron chi connectivity index (χ2n) is 7.60. The van der Waals surface area contributed by atoms with Crippen LogP contribution in [0.1, 0.15) is 16.7 Å². The van der Waals surface area contributed by atoms with Crippen molar-refractivity contribution in [2.45, 2.75) is 31.9 Å². The Labute approximate surface area is 175 Å². The maximum atomic E-state index is 10.8. The van der Waals surface area contributed by atoms with Gasteiger partial charge in [0.25, 0.3) is 0 Å². The molecule has 0 amide bonds. The lowest BCUT2D eigenvalue weighted by molar-refractivity contribution is 0.0393. The Bertz CT molecular complexity index is 818. The van der Waals surface area contributed by atoms with Crippen molar-refractivity contribution in [3.8, 4) is 5.75 Å². The van der Waals surface area contributed by atoms with E-state index in [0.717, 1.165) is 44.8 Å². The second kappa shape index (κ2) is 7.97. The highest BCUT2D eigenvalue weighted by atomic mass is 127. The average Bonchev–Trinajstić information content (AvgIpc) is 2.68. The van der Waals surface area contributed by atoms with Crippen molar-refractivity contribution in [3.63, 3.8) is 0 Å². The van der Waals surface area contributed by atoms with E-state index in [2.05, 4.69) is 69.6 Å². The van der Waals surface area contributed by atoms with Crippen LogP contribution >= 0.6 is 22.6 Å². The SMILES string of the molecule is COc1ccc(C)c(N2CCN(C3Cc4c(I)cccc4CC3O)CC2)c1. The summed E-state index contributed by atoms with van der Waals surface area (Å²) in [6, 6.07) is 13.0. The van der Waals surface area contributed by atoms with Gasteiger partial charge in [-0.05, 0) is 64.8 Å². The zero-order valence-corrected chi connectivity index (χ0v) is 18.1. The monoisotopic (exact) mass is 478 g/mol. The fraction of sp³-hybridized carbons (Fsp3) is 0.455. The number of anilines is 1. The number of halogens is 1. The molecule has 2 unspecified atom stereocenters. The predicted octanol–water partition coefficient (Wildman–Crippen LogP) is 3.26. The number of nitrogens with zero attached hydrogens (tertiary/aromatic N) is 2. The summed E-state index contributed by atoms with van der Waals surface area (Å²) < 4.78 is 6.73. The van der Waals surface area contributed by atoms with E-state index < -0.39 is 0 Å². The minimum Gasteiger partial charge on any atom is -0.497 e. The molecule has 0 spiro atoms. The zero-order chi connectivity index (χ0) is 19.0. The van der Waals surface area contributed by atoms with Gasteiger partial charge in [0.2, 0.25) is 0 Å². The molecule has 1 aliphatic carbocycles. The minimum atomic E-state index is -0.277. The van der Waals surface area contributed by atoms with Gasteiger partial charge in [-0.15, -0.1) is 0 Å². The smallest absolute Gasteiger partial charge is 0.120 e. The van der Waals surface area contributed by atoms with Gasteiger partial charge in [-0.25, -0.2) is 0 Å². The highest BCUT2D eigenvalue weighted by Gasteiger charge is 2.34. The Morgan fingerprint density at radius 3 is 2.59 bits per heavy atom. The summed E-state index contributed by atoms with van der Waals surface area (Å²) in [5, 5.41) is 10.8. The van der Waals surface area contributed by atoms with Crippen LogP contribution in [0.15, 0.2) is 36.4 Å². The lowest BCUT2D eigenvalue weighted by atomic mass is 9.85. The molecule has 144 valence electrons. The van der Waals surface area contributed by atoms with Gasteiger partial charge >= 0.3 is 0 Å². The number of fused-ring (bicyclic) bond motifs is 1. The van der Waals surface area contributed by atoms with Crippen LogP contribution in [0.5, 0.6) is 5.75 Å². The lowest BCUT2D eigenvalue weighted by Crippen LogP contribution is -2.56. The number of aryl methyl sites for hydroxylation is 1. The highest BCUT2D eigenvalue weighted by molar-refractivity contribution is 14.1. The van der Waals surface area contributed by atoms with Gasteiger partial charge in [-0.1, -0.05) is 18.2 Å². The Hall–Kier alpha value is -1.31. The second-order valence-corrected chi connectivity index (χ2v) is 8.76. The van der Waals surface area contributed by atoms with Crippen LogP contribution < -0.4 is 9.64 Å². The number of methoxy groups -OCH3 is 1. The van der Waals surface area contributed by atoms with E-state index in [9.17, 15) is 5.11 Å². The number of hydrogen-bond donors (Lipinski definition) is 1. The first-order chi connectivity index (χ1) is 13.1. The van der Waals surface area contributed by atoms with Gasteiger partial charge in [0, 0.05) is 54.0 Å². The van der Waals surface area contributed by atoms with Gasteiger partial charge in [-0.3, -0.25) is 4.90 Å². The van der Waals surface area contributed by atoms with E-state index in [4.69, 9.17) is 4.74 Å². The molecule has 4 nitrogen and oxygen atoms in total. The quantitative estimate of drug-likeness (QED) is 0.688. The van der Waals surface area contributed by atoms with E-state index >= 15 is 0 Å². The Balaban J connectivity index is 1.46. The van der Waals surface area contributed by atoms with Crippen molar-refractivity contribution in [2.24, 2.45) is 0 Å². The van der Waals surface area contributed by atoms with Crippen LogP contribution in [0.4, 0.5) is 5.69 Å². The van der Waals surface area contributed by atoms with E-state index in [1.165, 1.54) is 25.9 Å². The summed E-state index contributed by atoms with van der Waals surface area (Å²) in [5.74, 6) is 0.909. The predicted molar refractivity (Wildman–Crippen MR) is 118 cm³/mol. The van der Waals surface area contributed by atoms with Crippen LogP contribution in [0, 0.1) is 10.5 Å². The fourth-order valence-electron chi connectivity index (χ4n) is 4.45. The van der Waals surface area contributed by atoms with E-state index in [1.807, 2.05) is 6.07 Å². The van der Waals surface area contributed by atoms with Crippen molar-refractivity contribution in [1.82, 2.24) is 4.90 Å². The van der Waals surface area contributed by atoms with Crippen LogP contribution in [0.3, 0.4) is 0 Å². The third-order valence-electron chi connectivity index (χ3n) is 6.04. The normalized spacial score (nSPS) is 23.2. The standard InChI is InChI=1S/C22H27IN2O2/c1-15-6-7-17(27-2)13-20(15)24-8-10-25(11-9-24)21-14-18-16(12-22(21)26)4-3-5-19(18)23/h3-7,13,21-22,26H,8-12,14H2,1-2H3. The van der Waals surface area contributed by atoms with Crippen molar-refractivity contribution in [2.75, 3.05) is 38.2 Å². The molecule has 0 radical (unpaired) electrons. The summed E-state index contributed by atoms with van der Waals surface area (Å²) in [4.78, 5) is 4.93. The van der Waals surface area contributed by atoms with Gasteiger partial charge in [0.15, 0.2) is 0 Å². The number of hydrogen-bond acceptors (Lipinski definition) is 4. The van der Waals surface area contributed by atoms with E-state index in [1.54, 1.807) is 7.11 Å². The largest absolute Gasteiger partial charge is 0.497 e. The molecule has 2 aromatic carbocycles. The molecule has 2 atom stereocenters. The molecule has 5 heteroatoms. The molecule has 4 rings (SSSR count). The number of aliphatic hydroxyl groups is 1. The molecular formula is C22H27IN2O2. The van der Waals surface area contributed by atoms with Gasteiger partial charge in [-0.2, -0.15) is 0 Å². The molecule has 1 N–H and O–H groups in total. The number of piperazine rings is 1. The van der Waals surface area contributed by atoms with Gasteiger partial charge < -0.3 is 14.7 Å². The molecular weight excluding hydrogens is 451 g/mol. The molecule has 1 fully saturated rings. The number of ether oxygens (including phenoxy) is 1. The van der Waals surface area contributed by atoms with Crippen LogP contribution in [0.25, 0.3) is 0 Å². The molecule has 0 aromatic heterocycles. The van der Waals surface area contributed by atoms with Crippen LogP contribution in [-0.4, -0.2) is 55.4 Å². The Morgan fingerprint density at radius 1 is 1.07 bits per heavy atom. The Kier molecular flexibility index (Phi) is 5.62. The van der Waals surface area contributed by atoms with E-state index in [-0.39, 0.29) is 12.1 Å². The molecule has 0 bridgehead atoms. The summed E-state index contributed by atoms with van der Waals surface area (Å²) >= 11 is 2.43. The minimum absolute atomic E-state index is 0.224. The van der Waals surface area contributed by atoms with Crippen molar-refractivity contribution in [3.05, 3.63) is 56.7 Å². The van der Waals surface area contributed by atoms with Crippen LogP contribution in [-0.2, 0) is 12.8 Å². The first kappa shape index (κ1) is 19.0. The third kappa shape index (κ3) is 3.82. The molecule has 1 aliphatic heterocycles. The highest BCUT2D eigenvalue weighted by Crippen LogP contribution is 2.31. The third-order valence-corrected chi connectivity index (χ3v) is 7.05. The van der Waals surface area contributed by atoms with Crippen molar-refractivity contribution < 1.29 is 9.84 Å². The van der Waals surface area contributed by atoms with Crippen molar-refractivity contribution in [1.29, 1.82) is 0 Å². The van der Waals surface area contributed by atoms with Crippen molar-refractivity contribution >= 4 is 28.3 Å². The molecule has 1 heterocycles. The zero-order valence-electron chi connectivity index (χ0n) is 16.0. The number of aliphatic hydroxyl groups excluding tert-OH is 1. The van der Waals surface area contributed by atoms with Crippen LogP contribution in [0.2, 0.25) is 0 Å². The fourth-order valence-corrected chi connectivity index (χ4v) is 5.23. The Morgan fingerprint density at radius 2 is 1.85 bits per heavy atom. The summed E-state index contributed by atoms with van der Waals surface area (Å²) in [7, 11) is 1.72. The maximum absolute atomic E-state index is 10.8. The number of benzene rings is 2. The maximum Gasteiger partial charge on any atom is 0.120 e. The summed E-state index contributed by atoms with van der Waals surface area (Å²) in [6.45, 7) is 6.09. The molecule has 2 aliphatic rings. The lowest BCUT2D eigenvalue weighted by Gasteiger charge is -2.44. The van der Waals surface area contributed by atoms with Gasteiger partial charge in [0.05, 0.1) is 13.2 Å². The summed E-state index contributed by atoms with van der Waals surface area (Å²) in [5.41, 5.74) is 5.29.